The Morgan fingerprint density at radius 1 is 1.38 bits per heavy atom. The van der Waals surface area contributed by atoms with Crippen LogP contribution in [0, 0.1) is 11.3 Å². The van der Waals surface area contributed by atoms with Crippen molar-refractivity contribution in [2.24, 2.45) is 0 Å². The molecular formula is C13H16ClN3O3S. The van der Waals surface area contributed by atoms with E-state index in [-0.39, 0.29) is 42.7 Å². The predicted molar refractivity (Wildman–Crippen MR) is 79.7 cm³/mol. The van der Waals surface area contributed by atoms with E-state index < -0.39 is 21.1 Å². The molecule has 2 N–H and O–H groups in total. The first-order valence-electron chi connectivity index (χ1n) is 6.22. The highest BCUT2D eigenvalue weighted by atomic mass is 35.5. The minimum Gasteiger partial charge on any atom is -0.342 e. The van der Waals surface area contributed by atoms with E-state index >= 15 is 0 Å². The molecule has 1 aliphatic rings. The molecule has 1 aliphatic heterocycles. The van der Waals surface area contributed by atoms with Crippen LogP contribution in [0.1, 0.15) is 6.42 Å². The van der Waals surface area contributed by atoms with Gasteiger partial charge in [-0.2, -0.15) is 5.26 Å². The van der Waals surface area contributed by atoms with Crippen LogP contribution in [0.25, 0.3) is 0 Å². The lowest BCUT2D eigenvalue weighted by Crippen LogP contribution is -2.40. The van der Waals surface area contributed by atoms with E-state index in [1.807, 2.05) is 6.07 Å². The fourth-order valence-corrected chi connectivity index (χ4v) is 3.87. The van der Waals surface area contributed by atoms with Crippen molar-refractivity contribution in [1.82, 2.24) is 10.6 Å². The minimum atomic E-state index is -3.43. The molecule has 0 saturated carbocycles. The number of nitriles is 1. The Labute approximate surface area is 129 Å². The molecule has 1 amide bonds. The number of benzene rings is 1. The second-order valence-electron chi connectivity index (χ2n) is 4.55. The van der Waals surface area contributed by atoms with E-state index in [2.05, 4.69) is 10.6 Å². The van der Waals surface area contributed by atoms with Crippen LogP contribution in [0.4, 0.5) is 0 Å². The van der Waals surface area contributed by atoms with Crippen LogP contribution in [0.15, 0.2) is 35.2 Å². The fourth-order valence-electron chi connectivity index (χ4n) is 2.19. The van der Waals surface area contributed by atoms with Crippen LogP contribution in [-0.2, 0) is 14.6 Å². The Morgan fingerprint density at radius 2 is 2.05 bits per heavy atom. The van der Waals surface area contributed by atoms with Gasteiger partial charge in [-0.1, -0.05) is 18.2 Å². The normalized spacial score (nSPS) is 21.1. The molecule has 114 valence electrons. The predicted octanol–water partition coefficient (Wildman–Crippen LogP) is 0.252. The first-order valence-corrected chi connectivity index (χ1v) is 7.77. The molecule has 1 fully saturated rings. The van der Waals surface area contributed by atoms with Gasteiger partial charge in [0.1, 0.15) is 6.54 Å². The third kappa shape index (κ3) is 3.94. The Kier molecular flexibility index (Phi) is 6.15. The highest BCUT2D eigenvalue weighted by Gasteiger charge is 2.37. The van der Waals surface area contributed by atoms with Gasteiger partial charge < -0.3 is 10.6 Å². The molecule has 0 aliphatic carbocycles. The molecular weight excluding hydrogens is 314 g/mol. The zero-order valence-corrected chi connectivity index (χ0v) is 12.8. The number of amides is 1. The van der Waals surface area contributed by atoms with Crippen LogP contribution in [-0.4, -0.2) is 38.7 Å². The zero-order chi connectivity index (χ0) is 14.6. The number of halogens is 1. The third-order valence-corrected chi connectivity index (χ3v) is 5.43. The van der Waals surface area contributed by atoms with E-state index in [1.54, 1.807) is 30.3 Å². The summed E-state index contributed by atoms with van der Waals surface area (Å²) in [4.78, 5) is 12.0. The molecule has 2 rings (SSSR count). The summed E-state index contributed by atoms with van der Waals surface area (Å²) in [7, 11) is -3.43. The van der Waals surface area contributed by atoms with Gasteiger partial charge >= 0.3 is 0 Å². The van der Waals surface area contributed by atoms with Crippen molar-refractivity contribution < 1.29 is 13.2 Å². The fraction of sp³-hybridized carbons (Fsp3) is 0.385. The van der Waals surface area contributed by atoms with Gasteiger partial charge in [-0.25, -0.2) is 8.42 Å². The summed E-state index contributed by atoms with van der Waals surface area (Å²) >= 11 is 0. The van der Waals surface area contributed by atoms with Gasteiger partial charge in [0.05, 0.1) is 22.3 Å². The average Bonchev–Trinajstić information content (AvgIpc) is 2.96. The molecule has 1 heterocycles. The molecule has 2 atom stereocenters. The SMILES string of the molecule is Cl.N#CCNC(=O)C1CC(S(=O)(=O)c2ccccc2)CN1. The lowest BCUT2D eigenvalue weighted by atomic mass is 10.2. The second kappa shape index (κ2) is 7.41. The molecule has 0 radical (unpaired) electrons. The Morgan fingerprint density at radius 3 is 2.67 bits per heavy atom. The molecule has 1 aromatic rings. The molecule has 1 saturated heterocycles. The summed E-state index contributed by atoms with van der Waals surface area (Å²) in [5, 5.41) is 13.1. The van der Waals surface area contributed by atoms with Gasteiger partial charge in [0.2, 0.25) is 5.91 Å². The maximum atomic E-state index is 12.4. The van der Waals surface area contributed by atoms with Crippen LogP contribution >= 0.6 is 12.4 Å². The largest absolute Gasteiger partial charge is 0.342 e. The molecule has 2 unspecified atom stereocenters. The van der Waals surface area contributed by atoms with Gasteiger partial charge in [-0.3, -0.25) is 4.79 Å². The molecule has 1 aromatic carbocycles. The highest BCUT2D eigenvalue weighted by Crippen LogP contribution is 2.22. The van der Waals surface area contributed by atoms with Gasteiger partial charge in [-0.15, -0.1) is 12.4 Å². The summed E-state index contributed by atoms with van der Waals surface area (Å²) in [6.45, 7) is 0.162. The first-order chi connectivity index (χ1) is 9.55. The lowest BCUT2D eigenvalue weighted by Gasteiger charge is -2.11. The van der Waals surface area contributed by atoms with E-state index in [1.165, 1.54) is 0 Å². The third-order valence-electron chi connectivity index (χ3n) is 3.26. The minimum absolute atomic E-state index is 0. The molecule has 6 nitrogen and oxygen atoms in total. The number of sulfone groups is 1. The molecule has 21 heavy (non-hydrogen) atoms. The topological polar surface area (TPSA) is 99.1 Å². The summed E-state index contributed by atoms with van der Waals surface area (Å²) < 4.78 is 24.8. The van der Waals surface area contributed by atoms with Gasteiger partial charge in [0, 0.05) is 6.54 Å². The van der Waals surface area contributed by atoms with Gasteiger partial charge in [0.25, 0.3) is 0 Å². The second-order valence-corrected chi connectivity index (χ2v) is 6.78. The van der Waals surface area contributed by atoms with Crippen molar-refractivity contribution in [1.29, 1.82) is 5.26 Å². The number of nitrogens with zero attached hydrogens (tertiary/aromatic N) is 1. The Bertz CT molecular complexity index is 628. The van der Waals surface area contributed by atoms with Crippen molar-refractivity contribution in [3.63, 3.8) is 0 Å². The number of rotatable bonds is 4. The molecule has 0 aromatic heterocycles. The van der Waals surface area contributed by atoms with Crippen LogP contribution in [0.5, 0.6) is 0 Å². The number of hydrogen-bond donors (Lipinski definition) is 2. The number of carbonyl (C=O) groups is 1. The zero-order valence-electron chi connectivity index (χ0n) is 11.2. The summed E-state index contributed by atoms with van der Waals surface area (Å²) in [5.74, 6) is -0.336. The van der Waals surface area contributed by atoms with Crippen molar-refractivity contribution >= 4 is 28.2 Å². The smallest absolute Gasteiger partial charge is 0.238 e. The number of carbonyl (C=O) groups excluding carboxylic acids is 1. The summed E-state index contributed by atoms with van der Waals surface area (Å²) in [6, 6.07) is 9.46. The van der Waals surface area contributed by atoms with Crippen molar-refractivity contribution in [3.05, 3.63) is 30.3 Å². The van der Waals surface area contributed by atoms with Crippen molar-refractivity contribution in [2.45, 2.75) is 22.6 Å². The lowest BCUT2D eigenvalue weighted by molar-refractivity contribution is -0.122. The molecule has 0 bridgehead atoms. The van der Waals surface area contributed by atoms with Crippen molar-refractivity contribution in [3.8, 4) is 6.07 Å². The Balaban J connectivity index is 0.00000220. The van der Waals surface area contributed by atoms with Gasteiger partial charge in [-0.05, 0) is 18.6 Å². The van der Waals surface area contributed by atoms with Crippen molar-refractivity contribution in [2.75, 3.05) is 13.1 Å². The highest BCUT2D eigenvalue weighted by molar-refractivity contribution is 7.92. The maximum Gasteiger partial charge on any atom is 0.238 e. The Hall–Kier alpha value is -1.62. The van der Waals surface area contributed by atoms with Crippen LogP contribution in [0.3, 0.4) is 0 Å². The molecule has 8 heteroatoms. The summed E-state index contributed by atoms with van der Waals surface area (Å²) in [6.07, 6.45) is 0.217. The van der Waals surface area contributed by atoms with Crippen LogP contribution in [0.2, 0.25) is 0 Å². The average molecular weight is 330 g/mol. The first kappa shape index (κ1) is 17.4. The summed E-state index contributed by atoms with van der Waals surface area (Å²) in [5.41, 5.74) is 0. The van der Waals surface area contributed by atoms with E-state index in [9.17, 15) is 13.2 Å². The van der Waals surface area contributed by atoms with E-state index in [4.69, 9.17) is 5.26 Å². The quantitative estimate of drug-likeness (QED) is 0.772. The maximum absolute atomic E-state index is 12.4. The van der Waals surface area contributed by atoms with Gasteiger partial charge in [0.15, 0.2) is 9.84 Å². The standard InChI is InChI=1S/C13H15N3O3S.ClH/c14-6-7-15-13(17)12-8-11(9-16-12)20(18,19)10-4-2-1-3-5-10;/h1-5,11-12,16H,7-9H2,(H,15,17);1H. The monoisotopic (exact) mass is 329 g/mol. The van der Waals surface area contributed by atoms with E-state index in [0.717, 1.165) is 0 Å². The number of hydrogen-bond acceptors (Lipinski definition) is 5. The van der Waals surface area contributed by atoms with E-state index in [0.29, 0.717) is 0 Å². The van der Waals surface area contributed by atoms with Crippen LogP contribution < -0.4 is 10.6 Å². The molecule has 0 spiro atoms. The number of nitrogens with one attached hydrogen (secondary N) is 2.